The smallest absolute Gasteiger partial charge is 0.127 e. The second-order valence-corrected chi connectivity index (χ2v) is 3.86. The quantitative estimate of drug-likeness (QED) is 0.768. The second kappa shape index (κ2) is 4.25. The van der Waals surface area contributed by atoms with Gasteiger partial charge in [0.15, 0.2) is 0 Å². The van der Waals surface area contributed by atoms with Gasteiger partial charge >= 0.3 is 0 Å². The van der Waals surface area contributed by atoms with E-state index in [0.717, 1.165) is 27.1 Å². The van der Waals surface area contributed by atoms with E-state index in [1.54, 1.807) is 0 Å². The highest BCUT2D eigenvalue weighted by Crippen LogP contribution is 2.27. The van der Waals surface area contributed by atoms with Crippen molar-refractivity contribution < 1.29 is 0 Å². The Labute approximate surface area is 99.9 Å². The Hall–Kier alpha value is -0.990. The number of hydrogen-bond acceptors (Lipinski definition) is 2. The number of rotatable bonds is 0. The molecule has 1 heterocycles. The molecular weight excluding hydrogens is 231 g/mol. The number of halogens is 2. The zero-order chi connectivity index (χ0) is 10.3. The molecule has 15 heavy (non-hydrogen) atoms. The second-order valence-electron chi connectivity index (χ2n) is 3.45. The Morgan fingerprint density at radius 1 is 1.20 bits per heavy atom. The number of nitrogens with zero attached hydrogens (tertiary/aromatic N) is 1. The molecular formula is C11H12Cl2N2. The third-order valence-corrected chi connectivity index (χ3v) is 2.69. The topological polar surface area (TPSA) is 38.9 Å². The van der Waals surface area contributed by atoms with Gasteiger partial charge in [0, 0.05) is 10.4 Å². The van der Waals surface area contributed by atoms with Crippen molar-refractivity contribution in [3.63, 3.8) is 0 Å². The molecule has 0 aliphatic heterocycles. The highest BCUT2D eigenvalue weighted by atomic mass is 35.5. The minimum atomic E-state index is 0. The molecule has 2 aromatic rings. The molecule has 0 aliphatic carbocycles. The van der Waals surface area contributed by atoms with Crippen LogP contribution in [0.5, 0.6) is 0 Å². The first kappa shape index (κ1) is 12.1. The number of hydrogen-bond donors (Lipinski definition) is 1. The Morgan fingerprint density at radius 2 is 1.87 bits per heavy atom. The van der Waals surface area contributed by atoms with Crippen LogP contribution in [0, 0.1) is 13.8 Å². The van der Waals surface area contributed by atoms with Crippen molar-refractivity contribution in [2.45, 2.75) is 13.8 Å². The number of benzene rings is 1. The molecule has 2 nitrogen and oxygen atoms in total. The van der Waals surface area contributed by atoms with Crippen LogP contribution in [0.4, 0.5) is 5.82 Å². The largest absolute Gasteiger partial charge is 0.383 e. The molecule has 2 N–H and O–H groups in total. The lowest BCUT2D eigenvalue weighted by molar-refractivity contribution is 1.32. The lowest BCUT2D eigenvalue weighted by Gasteiger charge is -2.06. The van der Waals surface area contributed by atoms with Gasteiger partial charge in [-0.05, 0) is 37.1 Å². The third kappa shape index (κ3) is 2.01. The summed E-state index contributed by atoms with van der Waals surface area (Å²) in [6.07, 6.45) is 0. The maximum atomic E-state index is 6.07. The molecule has 4 heteroatoms. The van der Waals surface area contributed by atoms with Gasteiger partial charge in [0.05, 0.1) is 5.52 Å². The maximum absolute atomic E-state index is 6.07. The standard InChI is InChI=1S/C11H11ClN2.ClH/c1-6-3-4-9(12)8-5-7(2)11(13)14-10(6)8;/h3-5H,1-2H3,(H2,13,14);1H. The number of aryl methyl sites for hydroxylation is 2. The Morgan fingerprint density at radius 3 is 2.53 bits per heavy atom. The zero-order valence-electron chi connectivity index (χ0n) is 8.54. The van der Waals surface area contributed by atoms with Crippen molar-refractivity contribution in [2.75, 3.05) is 5.73 Å². The molecule has 0 aliphatic rings. The van der Waals surface area contributed by atoms with E-state index < -0.39 is 0 Å². The fraction of sp³-hybridized carbons (Fsp3) is 0.182. The molecule has 0 amide bonds. The highest BCUT2D eigenvalue weighted by Gasteiger charge is 2.05. The van der Waals surface area contributed by atoms with Crippen molar-refractivity contribution in [3.8, 4) is 0 Å². The molecule has 0 fully saturated rings. The van der Waals surface area contributed by atoms with Crippen LogP contribution in [-0.2, 0) is 0 Å². The summed E-state index contributed by atoms with van der Waals surface area (Å²) in [7, 11) is 0. The minimum Gasteiger partial charge on any atom is -0.383 e. The van der Waals surface area contributed by atoms with E-state index in [4.69, 9.17) is 17.3 Å². The Balaban J connectivity index is 0.00000112. The zero-order valence-corrected chi connectivity index (χ0v) is 10.1. The molecule has 0 bridgehead atoms. The first-order valence-corrected chi connectivity index (χ1v) is 4.79. The average molecular weight is 243 g/mol. The maximum Gasteiger partial charge on any atom is 0.127 e. The van der Waals surface area contributed by atoms with Crippen molar-refractivity contribution >= 4 is 40.7 Å². The molecule has 2 rings (SSSR count). The number of nitrogens with two attached hydrogens (primary N) is 1. The SMILES string of the molecule is Cc1cc2c(Cl)ccc(C)c2nc1N.Cl. The van der Waals surface area contributed by atoms with Crippen LogP contribution >= 0.6 is 24.0 Å². The summed E-state index contributed by atoms with van der Waals surface area (Å²) >= 11 is 6.07. The summed E-state index contributed by atoms with van der Waals surface area (Å²) in [5.74, 6) is 0.572. The van der Waals surface area contributed by atoms with Gasteiger partial charge in [-0.25, -0.2) is 4.98 Å². The molecule has 0 radical (unpaired) electrons. The summed E-state index contributed by atoms with van der Waals surface area (Å²) in [5, 5.41) is 1.69. The van der Waals surface area contributed by atoms with Crippen LogP contribution in [0.25, 0.3) is 10.9 Å². The molecule has 0 unspecified atom stereocenters. The molecule has 0 atom stereocenters. The van der Waals surface area contributed by atoms with Crippen LogP contribution in [0.1, 0.15) is 11.1 Å². The molecule has 1 aromatic carbocycles. The van der Waals surface area contributed by atoms with Crippen molar-refractivity contribution in [1.29, 1.82) is 0 Å². The highest BCUT2D eigenvalue weighted by molar-refractivity contribution is 6.35. The molecule has 0 spiro atoms. The van der Waals surface area contributed by atoms with E-state index in [1.807, 2.05) is 32.0 Å². The predicted molar refractivity (Wildman–Crippen MR) is 67.9 cm³/mol. The van der Waals surface area contributed by atoms with Crippen molar-refractivity contribution in [1.82, 2.24) is 4.98 Å². The minimum absolute atomic E-state index is 0. The van der Waals surface area contributed by atoms with Gasteiger partial charge in [0.25, 0.3) is 0 Å². The van der Waals surface area contributed by atoms with Crippen LogP contribution < -0.4 is 5.73 Å². The number of aromatic nitrogens is 1. The number of pyridine rings is 1. The van der Waals surface area contributed by atoms with Crippen LogP contribution in [-0.4, -0.2) is 4.98 Å². The van der Waals surface area contributed by atoms with Gasteiger partial charge in [-0.2, -0.15) is 0 Å². The van der Waals surface area contributed by atoms with Crippen LogP contribution in [0.2, 0.25) is 5.02 Å². The van der Waals surface area contributed by atoms with Gasteiger partial charge in [-0.3, -0.25) is 0 Å². The lowest BCUT2D eigenvalue weighted by atomic mass is 10.1. The summed E-state index contributed by atoms with van der Waals surface area (Å²) in [6.45, 7) is 3.93. The summed E-state index contributed by atoms with van der Waals surface area (Å²) in [6, 6.07) is 5.82. The Kier molecular flexibility index (Phi) is 3.42. The predicted octanol–water partition coefficient (Wildman–Crippen LogP) is 3.51. The fourth-order valence-electron chi connectivity index (χ4n) is 1.48. The van der Waals surface area contributed by atoms with Crippen molar-refractivity contribution in [3.05, 3.63) is 34.3 Å². The van der Waals surface area contributed by atoms with Gasteiger partial charge in [-0.1, -0.05) is 17.7 Å². The lowest BCUT2D eigenvalue weighted by Crippen LogP contribution is -1.95. The van der Waals surface area contributed by atoms with E-state index in [1.165, 1.54) is 0 Å². The van der Waals surface area contributed by atoms with E-state index in [2.05, 4.69) is 4.98 Å². The normalized spacial score (nSPS) is 10.1. The molecule has 0 saturated heterocycles. The third-order valence-electron chi connectivity index (χ3n) is 2.36. The van der Waals surface area contributed by atoms with E-state index in [0.29, 0.717) is 5.82 Å². The Bertz CT molecular complexity index is 463. The summed E-state index contributed by atoms with van der Waals surface area (Å²) < 4.78 is 0. The van der Waals surface area contributed by atoms with E-state index in [9.17, 15) is 0 Å². The number of anilines is 1. The number of fused-ring (bicyclic) bond motifs is 1. The molecule has 0 saturated carbocycles. The number of nitrogen functional groups attached to an aromatic ring is 1. The molecule has 1 aromatic heterocycles. The van der Waals surface area contributed by atoms with E-state index >= 15 is 0 Å². The van der Waals surface area contributed by atoms with Gasteiger partial charge < -0.3 is 5.73 Å². The fourth-order valence-corrected chi connectivity index (χ4v) is 1.68. The summed E-state index contributed by atoms with van der Waals surface area (Å²) in [4.78, 5) is 4.33. The van der Waals surface area contributed by atoms with Gasteiger partial charge in [0.1, 0.15) is 5.82 Å². The monoisotopic (exact) mass is 242 g/mol. The first-order chi connectivity index (χ1) is 6.59. The van der Waals surface area contributed by atoms with E-state index in [-0.39, 0.29) is 12.4 Å². The van der Waals surface area contributed by atoms with Crippen LogP contribution in [0.15, 0.2) is 18.2 Å². The molecule has 80 valence electrons. The van der Waals surface area contributed by atoms with Gasteiger partial charge in [-0.15, -0.1) is 12.4 Å². The average Bonchev–Trinajstić information content (AvgIpc) is 2.15. The van der Waals surface area contributed by atoms with Crippen LogP contribution in [0.3, 0.4) is 0 Å². The summed E-state index contributed by atoms with van der Waals surface area (Å²) in [5.41, 5.74) is 8.70. The first-order valence-electron chi connectivity index (χ1n) is 4.41. The van der Waals surface area contributed by atoms with Gasteiger partial charge in [0.2, 0.25) is 0 Å². The van der Waals surface area contributed by atoms with Crippen molar-refractivity contribution in [2.24, 2.45) is 0 Å².